The Morgan fingerprint density at radius 1 is 1.14 bits per heavy atom. The highest BCUT2D eigenvalue weighted by molar-refractivity contribution is 8.00. The molecule has 0 saturated carbocycles. The van der Waals surface area contributed by atoms with Gasteiger partial charge in [0.15, 0.2) is 0 Å². The number of thioether (sulfide) groups is 1. The third-order valence-electron chi connectivity index (χ3n) is 4.44. The number of ketones is 1. The SMILES string of the molecule is CCCCCCC(=O)CCCCC1SCC2NC(=O)NC21. The number of hydrogen-bond acceptors (Lipinski definition) is 3. The molecule has 0 radical (unpaired) electrons. The van der Waals surface area contributed by atoms with Crippen molar-refractivity contribution < 1.29 is 9.59 Å². The third-order valence-corrected chi connectivity index (χ3v) is 5.95. The molecule has 0 aromatic heterocycles. The number of Topliss-reactive ketones (excluding diaryl/α,β-unsaturated/α-hetero) is 1. The van der Waals surface area contributed by atoms with E-state index in [1.54, 1.807) is 0 Å². The van der Waals surface area contributed by atoms with Gasteiger partial charge < -0.3 is 10.6 Å². The Hall–Kier alpha value is -0.710. The first-order chi connectivity index (χ1) is 10.2. The zero-order chi connectivity index (χ0) is 15.1. The number of carbonyl (C=O) groups excluding carboxylic acids is 2. The molecular weight excluding hydrogens is 284 g/mol. The standard InChI is InChI=1S/C16H28N2O2S/c1-2-3-4-5-8-12(19)9-6-7-10-14-15-13(11-21-14)17-16(20)18-15/h13-15H,2-11H2,1H3,(H2,17,18,20). The van der Waals surface area contributed by atoms with Gasteiger partial charge in [0.2, 0.25) is 0 Å². The van der Waals surface area contributed by atoms with Crippen LogP contribution in [0.4, 0.5) is 4.79 Å². The lowest BCUT2D eigenvalue weighted by molar-refractivity contribution is -0.119. The normalized spacial score (nSPS) is 27.3. The summed E-state index contributed by atoms with van der Waals surface area (Å²) in [4.78, 5) is 23.0. The molecule has 0 aliphatic carbocycles. The van der Waals surface area contributed by atoms with E-state index in [2.05, 4.69) is 17.6 Å². The van der Waals surface area contributed by atoms with E-state index in [1.807, 2.05) is 11.8 Å². The van der Waals surface area contributed by atoms with E-state index in [-0.39, 0.29) is 6.03 Å². The third kappa shape index (κ3) is 5.20. The van der Waals surface area contributed by atoms with Gasteiger partial charge in [-0.25, -0.2) is 4.79 Å². The van der Waals surface area contributed by atoms with Crippen molar-refractivity contribution in [2.24, 2.45) is 0 Å². The van der Waals surface area contributed by atoms with Crippen LogP contribution in [0.3, 0.4) is 0 Å². The molecule has 2 fully saturated rings. The Balaban J connectivity index is 1.52. The summed E-state index contributed by atoms with van der Waals surface area (Å²) < 4.78 is 0. The van der Waals surface area contributed by atoms with Crippen LogP contribution >= 0.6 is 11.8 Å². The minimum atomic E-state index is -0.0162. The van der Waals surface area contributed by atoms with E-state index in [4.69, 9.17) is 0 Å². The van der Waals surface area contributed by atoms with E-state index in [9.17, 15) is 9.59 Å². The number of unbranched alkanes of at least 4 members (excludes halogenated alkanes) is 4. The quantitative estimate of drug-likeness (QED) is 0.481. The van der Waals surface area contributed by atoms with Crippen LogP contribution in [0.25, 0.3) is 0 Å². The molecule has 2 heterocycles. The van der Waals surface area contributed by atoms with E-state index in [0.717, 1.165) is 44.3 Å². The van der Waals surface area contributed by atoms with Crippen LogP contribution in [0.1, 0.15) is 64.7 Å². The molecule has 3 atom stereocenters. The van der Waals surface area contributed by atoms with E-state index >= 15 is 0 Å². The van der Waals surface area contributed by atoms with Crippen molar-refractivity contribution in [3.8, 4) is 0 Å². The van der Waals surface area contributed by atoms with Gasteiger partial charge in [-0.2, -0.15) is 11.8 Å². The summed E-state index contributed by atoms with van der Waals surface area (Å²) >= 11 is 1.95. The van der Waals surface area contributed by atoms with Crippen LogP contribution in [0.2, 0.25) is 0 Å². The van der Waals surface area contributed by atoms with Gasteiger partial charge in [-0.3, -0.25) is 4.79 Å². The number of hydrogen-bond donors (Lipinski definition) is 2. The van der Waals surface area contributed by atoms with Crippen molar-refractivity contribution in [1.82, 2.24) is 10.6 Å². The van der Waals surface area contributed by atoms with Gasteiger partial charge in [-0.15, -0.1) is 0 Å². The Morgan fingerprint density at radius 3 is 2.67 bits per heavy atom. The fourth-order valence-electron chi connectivity index (χ4n) is 3.18. The van der Waals surface area contributed by atoms with Crippen LogP contribution in [0.15, 0.2) is 0 Å². The average Bonchev–Trinajstić information content (AvgIpc) is 2.99. The number of rotatable bonds is 10. The molecule has 2 rings (SSSR count). The average molecular weight is 312 g/mol. The first kappa shape index (κ1) is 16.7. The lowest BCUT2D eigenvalue weighted by Crippen LogP contribution is -2.36. The number of amides is 2. The second kappa shape index (κ2) is 8.66. The maximum atomic E-state index is 11.8. The second-order valence-corrected chi connectivity index (χ2v) is 7.49. The Bertz CT molecular complexity index is 362. The smallest absolute Gasteiger partial charge is 0.315 e. The molecule has 0 aromatic carbocycles. The summed E-state index contributed by atoms with van der Waals surface area (Å²) in [5, 5.41) is 6.50. The molecule has 2 N–H and O–H groups in total. The lowest BCUT2D eigenvalue weighted by atomic mass is 10.0. The summed E-state index contributed by atoms with van der Waals surface area (Å²) in [6.45, 7) is 2.19. The highest BCUT2D eigenvalue weighted by Crippen LogP contribution is 2.33. The molecule has 4 nitrogen and oxygen atoms in total. The summed E-state index contributed by atoms with van der Waals surface area (Å²) in [6.07, 6.45) is 9.43. The number of carbonyl (C=O) groups is 2. The Labute approximate surface area is 132 Å². The van der Waals surface area contributed by atoms with Gasteiger partial charge in [0.25, 0.3) is 0 Å². The summed E-state index contributed by atoms with van der Waals surface area (Å²) in [5.74, 6) is 1.45. The lowest BCUT2D eigenvalue weighted by Gasteiger charge is -2.16. The highest BCUT2D eigenvalue weighted by atomic mass is 32.2. The molecule has 0 aromatic rings. The van der Waals surface area contributed by atoms with Gasteiger partial charge in [0.05, 0.1) is 12.1 Å². The molecule has 2 aliphatic rings. The van der Waals surface area contributed by atoms with E-state index < -0.39 is 0 Å². The van der Waals surface area contributed by atoms with Crippen molar-refractivity contribution >= 4 is 23.6 Å². The topological polar surface area (TPSA) is 58.2 Å². The van der Waals surface area contributed by atoms with Crippen molar-refractivity contribution in [3.63, 3.8) is 0 Å². The molecule has 2 amide bonds. The Kier molecular flexibility index (Phi) is 6.87. The van der Waals surface area contributed by atoms with Crippen molar-refractivity contribution in [3.05, 3.63) is 0 Å². The van der Waals surface area contributed by atoms with E-state index in [0.29, 0.717) is 23.1 Å². The fraction of sp³-hybridized carbons (Fsp3) is 0.875. The summed E-state index contributed by atoms with van der Waals surface area (Å²) in [7, 11) is 0. The monoisotopic (exact) mass is 312 g/mol. The summed E-state index contributed by atoms with van der Waals surface area (Å²) in [5.41, 5.74) is 0. The van der Waals surface area contributed by atoms with Crippen LogP contribution in [-0.2, 0) is 4.79 Å². The maximum Gasteiger partial charge on any atom is 0.315 e. The van der Waals surface area contributed by atoms with E-state index in [1.165, 1.54) is 19.3 Å². The Morgan fingerprint density at radius 2 is 1.90 bits per heavy atom. The number of urea groups is 1. The molecule has 5 heteroatoms. The maximum absolute atomic E-state index is 11.8. The van der Waals surface area contributed by atoms with Gasteiger partial charge in [0, 0.05) is 23.8 Å². The fourth-order valence-corrected chi connectivity index (χ4v) is 4.73. The summed E-state index contributed by atoms with van der Waals surface area (Å²) in [6, 6.07) is 0.595. The van der Waals surface area contributed by atoms with Gasteiger partial charge in [-0.1, -0.05) is 32.6 Å². The minimum Gasteiger partial charge on any atom is -0.332 e. The van der Waals surface area contributed by atoms with Crippen molar-refractivity contribution in [1.29, 1.82) is 0 Å². The van der Waals surface area contributed by atoms with Crippen LogP contribution in [0.5, 0.6) is 0 Å². The molecule has 2 saturated heterocycles. The molecule has 21 heavy (non-hydrogen) atoms. The molecule has 2 aliphatic heterocycles. The van der Waals surface area contributed by atoms with Crippen LogP contribution in [0, 0.1) is 0 Å². The molecule has 0 bridgehead atoms. The highest BCUT2D eigenvalue weighted by Gasteiger charge is 2.42. The zero-order valence-electron chi connectivity index (χ0n) is 13.0. The molecular formula is C16H28N2O2S. The van der Waals surface area contributed by atoms with Crippen LogP contribution in [-0.4, -0.2) is 34.9 Å². The molecule has 120 valence electrons. The second-order valence-electron chi connectivity index (χ2n) is 6.22. The first-order valence-electron chi connectivity index (χ1n) is 8.41. The number of fused-ring (bicyclic) bond motifs is 1. The zero-order valence-corrected chi connectivity index (χ0v) is 13.8. The van der Waals surface area contributed by atoms with Crippen molar-refractivity contribution in [2.45, 2.75) is 82.0 Å². The van der Waals surface area contributed by atoms with Gasteiger partial charge >= 0.3 is 6.03 Å². The predicted octanol–water partition coefficient (Wildman–Crippen LogP) is 3.25. The van der Waals surface area contributed by atoms with Crippen molar-refractivity contribution in [2.75, 3.05) is 5.75 Å². The van der Waals surface area contributed by atoms with Gasteiger partial charge in [0.1, 0.15) is 5.78 Å². The first-order valence-corrected chi connectivity index (χ1v) is 9.46. The molecule has 0 spiro atoms. The number of nitrogens with one attached hydrogen (secondary N) is 2. The van der Waals surface area contributed by atoms with Crippen LogP contribution < -0.4 is 10.6 Å². The van der Waals surface area contributed by atoms with Gasteiger partial charge in [-0.05, 0) is 19.3 Å². The predicted molar refractivity (Wildman–Crippen MR) is 87.7 cm³/mol. The molecule has 3 unspecified atom stereocenters. The minimum absolute atomic E-state index is 0.0162. The largest absolute Gasteiger partial charge is 0.332 e.